The lowest BCUT2D eigenvalue weighted by molar-refractivity contribution is -0.128. The van der Waals surface area contributed by atoms with Gasteiger partial charge in [0.2, 0.25) is 0 Å². The largest absolute Gasteiger partial charge is 0.325 e. The van der Waals surface area contributed by atoms with Gasteiger partial charge in [-0.15, -0.1) is 0 Å². The molecule has 2 fully saturated rings. The molecule has 0 radical (unpaired) electrons. The number of carbonyl (C=O) groups is 2. The summed E-state index contributed by atoms with van der Waals surface area (Å²) in [6, 6.07) is -0.303. The lowest BCUT2D eigenvalue weighted by atomic mass is 9.80. The number of urea groups is 1. The first-order valence-corrected chi connectivity index (χ1v) is 7.17. The van der Waals surface area contributed by atoms with Crippen LogP contribution in [0.15, 0.2) is 6.33 Å². The molecule has 3 amide bonds. The van der Waals surface area contributed by atoms with Crippen molar-refractivity contribution in [3.8, 4) is 0 Å². The van der Waals surface area contributed by atoms with Crippen molar-refractivity contribution in [3.63, 3.8) is 0 Å². The lowest BCUT2D eigenvalue weighted by Gasteiger charge is -2.37. The molecule has 0 atom stereocenters. The highest BCUT2D eigenvalue weighted by Crippen LogP contribution is 2.37. The third-order valence-electron chi connectivity index (χ3n) is 4.38. The van der Waals surface area contributed by atoms with E-state index in [9.17, 15) is 9.59 Å². The average Bonchev–Trinajstić information content (AvgIpc) is 2.99. The maximum atomic E-state index is 12.2. The minimum atomic E-state index is -0.667. The Hall–Kier alpha value is -1.92. The van der Waals surface area contributed by atoms with E-state index in [1.54, 1.807) is 9.58 Å². The second kappa shape index (κ2) is 4.88. The summed E-state index contributed by atoms with van der Waals surface area (Å²) >= 11 is 0. The van der Waals surface area contributed by atoms with Gasteiger partial charge in [-0.3, -0.25) is 10.1 Å². The van der Waals surface area contributed by atoms with Crippen molar-refractivity contribution in [2.45, 2.75) is 57.7 Å². The van der Waals surface area contributed by atoms with E-state index in [4.69, 9.17) is 0 Å². The predicted octanol–water partition coefficient (Wildman–Crippen LogP) is 1.05. The van der Waals surface area contributed by atoms with Crippen LogP contribution in [0.2, 0.25) is 0 Å². The molecule has 3 rings (SSSR count). The Morgan fingerprint density at radius 1 is 1.30 bits per heavy atom. The zero-order valence-corrected chi connectivity index (χ0v) is 11.6. The fourth-order valence-corrected chi connectivity index (χ4v) is 3.27. The van der Waals surface area contributed by atoms with Crippen LogP contribution in [0.25, 0.3) is 0 Å². The molecule has 1 aliphatic carbocycles. The normalized spacial score (nSPS) is 21.6. The Labute approximate surface area is 117 Å². The van der Waals surface area contributed by atoms with Crippen molar-refractivity contribution in [1.82, 2.24) is 25.0 Å². The molecule has 0 unspecified atom stereocenters. The first kappa shape index (κ1) is 13.1. The number of aryl methyl sites for hydroxylation is 1. The summed E-state index contributed by atoms with van der Waals surface area (Å²) in [5.41, 5.74) is -0.667. The van der Waals surface area contributed by atoms with Crippen molar-refractivity contribution in [1.29, 1.82) is 0 Å². The maximum Gasteiger partial charge on any atom is 0.325 e. The Morgan fingerprint density at radius 2 is 2.05 bits per heavy atom. The number of aromatic nitrogens is 3. The number of hydrogen-bond acceptors (Lipinski definition) is 4. The van der Waals surface area contributed by atoms with Gasteiger partial charge in [-0.2, -0.15) is 5.10 Å². The summed E-state index contributed by atoms with van der Waals surface area (Å²) < 4.78 is 1.76. The van der Waals surface area contributed by atoms with Crippen LogP contribution in [-0.4, -0.2) is 37.1 Å². The molecule has 1 saturated heterocycles. The summed E-state index contributed by atoms with van der Waals surface area (Å²) in [5, 5.41) is 6.58. The lowest BCUT2D eigenvalue weighted by Crippen LogP contribution is -2.50. The van der Waals surface area contributed by atoms with Crippen molar-refractivity contribution < 1.29 is 9.59 Å². The highest BCUT2D eigenvalue weighted by Gasteiger charge is 2.53. The Kier molecular flexibility index (Phi) is 3.19. The van der Waals surface area contributed by atoms with Crippen LogP contribution in [0.3, 0.4) is 0 Å². The molecule has 1 saturated carbocycles. The monoisotopic (exact) mass is 277 g/mol. The summed E-state index contributed by atoms with van der Waals surface area (Å²) in [7, 11) is 0. The van der Waals surface area contributed by atoms with E-state index >= 15 is 0 Å². The third kappa shape index (κ3) is 1.88. The second-order valence-corrected chi connectivity index (χ2v) is 5.43. The predicted molar refractivity (Wildman–Crippen MR) is 70.6 cm³/mol. The van der Waals surface area contributed by atoms with E-state index < -0.39 is 5.54 Å². The number of nitrogens with one attached hydrogen (secondary N) is 1. The molecule has 1 aromatic rings. The standard InChI is InChI=1S/C13H19N5O2/c1-2-18-10(14-9-15-18)8-17-12(20)16-11(19)13(17)6-4-3-5-7-13/h9H,2-8H2,1H3,(H,16,19,20). The average molecular weight is 277 g/mol. The van der Waals surface area contributed by atoms with Crippen LogP contribution in [-0.2, 0) is 17.9 Å². The molecule has 0 aromatic carbocycles. The first-order valence-electron chi connectivity index (χ1n) is 7.17. The third-order valence-corrected chi connectivity index (χ3v) is 4.38. The smallest absolute Gasteiger partial charge is 0.302 e. The highest BCUT2D eigenvalue weighted by atomic mass is 16.2. The van der Waals surface area contributed by atoms with Gasteiger partial charge in [0, 0.05) is 6.54 Å². The van der Waals surface area contributed by atoms with Crippen LogP contribution in [0.1, 0.15) is 44.9 Å². The number of carbonyl (C=O) groups excluding carboxylic acids is 2. The fraction of sp³-hybridized carbons (Fsp3) is 0.692. The SMILES string of the molecule is CCn1ncnc1CN1C(=O)NC(=O)C12CCCCC2. The van der Waals surface area contributed by atoms with Crippen molar-refractivity contribution in [2.75, 3.05) is 0 Å². The van der Waals surface area contributed by atoms with Crippen LogP contribution in [0.5, 0.6) is 0 Å². The number of nitrogens with zero attached hydrogens (tertiary/aromatic N) is 4. The summed E-state index contributed by atoms with van der Waals surface area (Å²) in [6.07, 6.45) is 6.06. The Balaban J connectivity index is 1.89. The molecule has 1 N–H and O–H groups in total. The van der Waals surface area contributed by atoms with Crippen LogP contribution in [0, 0.1) is 0 Å². The van der Waals surface area contributed by atoms with E-state index in [0.29, 0.717) is 13.1 Å². The number of rotatable bonds is 3. The first-order chi connectivity index (χ1) is 9.67. The van der Waals surface area contributed by atoms with Crippen LogP contribution in [0.4, 0.5) is 4.79 Å². The van der Waals surface area contributed by atoms with E-state index in [0.717, 1.165) is 37.9 Å². The van der Waals surface area contributed by atoms with Gasteiger partial charge in [-0.1, -0.05) is 19.3 Å². The Bertz CT molecular complexity index is 533. The topological polar surface area (TPSA) is 80.1 Å². The fourth-order valence-electron chi connectivity index (χ4n) is 3.27. The van der Waals surface area contributed by atoms with Gasteiger partial charge >= 0.3 is 6.03 Å². The zero-order chi connectivity index (χ0) is 14.2. The highest BCUT2D eigenvalue weighted by molar-refractivity contribution is 6.07. The van der Waals surface area contributed by atoms with E-state index in [1.807, 2.05) is 6.92 Å². The van der Waals surface area contributed by atoms with Crippen LogP contribution < -0.4 is 5.32 Å². The molecule has 2 aliphatic rings. The number of amides is 3. The molecule has 2 heterocycles. The number of hydrogen-bond donors (Lipinski definition) is 1. The summed E-state index contributed by atoms with van der Waals surface area (Å²) in [6.45, 7) is 3.01. The molecule has 108 valence electrons. The molecule has 1 aliphatic heterocycles. The van der Waals surface area contributed by atoms with Gasteiger partial charge < -0.3 is 4.90 Å². The molecule has 0 bridgehead atoms. The van der Waals surface area contributed by atoms with Gasteiger partial charge in [-0.25, -0.2) is 14.5 Å². The van der Waals surface area contributed by atoms with Crippen molar-refractivity contribution >= 4 is 11.9 Å². The van der Waals surface area contributed by atoms with Crippen molar-refractivity contribution in [3.05, 3.63) is 12.2 Å². The summed E-state index contributed by atoms with van der Waals surface area (Å²) in [5.74, 6) is 0.576. The van der Waals surface area contributed by atoms with Gasteiger partial charge in [0.15, 0.2) is 0 Å². The molecule has 7 heteroatoms. The molecule has 1 spiro atoms. The number of imide groups is 1. The van der Waals surface area contributed by atoms with Gasteiger partial charge in [0.05, 0.1) is 6.54 Å². The molecule has 7 nitrogen and oxygen atoms in total. The van der Waals surface area contributed by atoms with Crippen molar-refractivity contribution in [2.24, 2.45) is 0 Å². The second-order valence-electron chi connectivity index (χ2n) is 5.43. The molecular formula is C13H19N5O2. The van der Waals surface area contributed by atoms with E-state index in [1.165, 1.54) is 6.33 Å². The zero-order valence-electron chi connectivity index (χ0n) is 11.6. The van der Waals surface area contributed by atoms with Crippen LogP contribution >= 0.6 is 0 Å². The van der Waals surface area contributed by atoms with E-state index in [-0.39, 0.29) is 11.9 Å². The summed E-state index contributed by atoms with van der Waals surface area (Å²) in [4.78, 5) is 30.2. The van der Waals surface area contributed by atoms with E-state index in [2.05, 4.69) is 15.4 Å². The molecule has 20 heavy (non-hydrogen) atoms. The minimum absolute atomic E-state index is 0.148. The molecule has 1 aromatic heterocycles. The van der Waals surface area contributed by atoms with Gasteiger partial charge in [-0.05, 0) is 19.8 Å². The van der Waals surface area contributed by atoms with Gasteiger partial charge in [0.1, 0.15) is 17.7 Å². The minimum Gasteiger partial charge on any atom is -0.302 e. The maximum absolute atomic E-state index is 12.2. The molecular weight excluding hydrogens is 258 g/mol. The quantitative estimate of drug-likeness (QED) is 0.837. The van der Waals surface area contributed by atoms with Gasteiger partial charge in [0.25, 0.3) is 5.91 Å². The Morgan fingerprint density at radius 3 is 2.75 bits per heavy atom.